The average molecular weight is 255 g/mol. The van der Waals surface area contributed by atoms with Gasteiger partial charge in [-0.15, -0.1) is 0 Å². The SMILES string of the molecule is CNC1CCC(C)(C)CC1SC1CCCCC1. The van der Waals surface area contributed by atoms with E-state index in [0.29, 0.717) is 5.41 Å². The molecular formula is C15H29NS. The summed E-state index contributed by atoms with van der Waals surface area (Å²) in [6.07, 6.45) is 11.5. The van der Waals surface area contributed by atoms with Crippen molar-refractivity contribution in [3.63, 3.8) is 0 Å². The lowest BCUT2D eigenvalue weighted by molar-refractivity contribution is 0.218. The predicted molar refractivity (Wildman–Crippen MR) is 78.7 cm³/mol. The molecule has 0 saturated heterocycles. The topological polar surface area (TPSA) is 12.0 Å². The van der Waals surface area contributed by atoms with Crippen molar-refractivity contribution in [3.05, 3.63) is 0 Å². The van der Waals surface area contributed by atoms with Gasteiger partial charge in [-0.2, -0.15) is 11.8 Å². The Morgan fingerprint density at radius 2 is 1.76 bits per heavy atom. The fourth-order valence-electron chi connectivity index (χ4n) is 3.44. The second kappa shape index (κ2) is 5.97. The van der Waals surface area contributed by atoms with Gasteiger partial charge in [-0.1, -0.05) is 33.1 Å². The van der Waals surface area contributed by atoms with E-state index in [9.17, 15) is 0 Å². The second-order valence-electron chi connectivity index (χ2n) is 6.74. The molecule has 2 atom stereocenters. The van der Waals surface area contributed by atoms with Gasteiger partial charge in [-0.25, -0.2) is 0 Å². The van der Waals surface area contributed by atoms with Crippen LogP contribution in [-0.2, 0) is 0 Å². The van der Waals surface area contributed by atoms with Gasteiger partial charge < -0.3 is 5.32 Å². The van der Waals surface area contributed by atoms with Crippen molar-refractivity contribution in [1.82, 2.24) is 5.32 Å². The quantitative estimate of drug-likeness (QED) is 0.810. The number of rotatable bonds is 3. The Morgan fingerprint density at radius 1 is 1.06 bits per heavy atom. The third-order valence-electron chi connectivity index (χ3n) is 4.62. The summed E-state index contributed by atoms with van der Waals surface area (Å²) in [7, 11) is 2.15. The molecule has 0 aromatic heterocycles. The lowest BCUT2D eigenvalue weighted by atomic mass is 9.75. The van der Waals surface area contributed by atoms with Crippen LogP contribution in [0.1, 0.15) is 65.2 Å². The lowest BCUT2D eigenvalue weighted by Gasteiger charge is -2.42. The first kappa shape index (κ1) is 13.7. The lowest BCUT2D eigenvalue weighted by Crippen LogP contribution is -2.44. The minimum absolute atomic E-state index is 0.569. The highest BCUT2D eigenvalue weighted by Gasteiger charge is 2.35. The van der Waals surface area contributed by atoms with Gasteiger partial charge in [-0.05, 0) is 44.6 Å². The van der Waals surface area contributed by atoms with E-state index in [4.69, 9.17) is 0 Å². The fraction of sp³-hybridized carbons (Fsp3) is 1.00. The Labute approximate surface area is 112 Å². The Kier molecular flexibility index (Phi) is 4.82. The van der Waals surface area contributed by atoms with Gasteiger partial charge in [0.1, 0.15) is 0 Å². The Bertz CT molecular complexity index is 233. The molecule has 2 fully saturated rings. The van der Waals surface area contributed by atoms with E-state index in [0.717, 1.165) is 16.5 Å². The molecule has 2 aliphatic carbocycles. The van der Waals surface area contributed by atoms with Crippen molar-refractivity contribution in [1.29, 1.82) is 0 Å². The largest absolute Gasteiger partial charge is 0.316 e. The van der Waals surface area contributed by atoms with Crippen molar-refractivity contribution in [2.45, 2.75) is 81.8 Å². The van der Waals surface area contributed by atoms with E-state index >= 15 is 0 Å². The standard InChI is InChI=1S/C15H29NS/c1-15(2)10-9-13(16-3)14(11-15)17-12-7-5-4-6-8-12/h12-14,16H,4-11H2,1-3H3. The van der Waals surface area contributed by atoms with E-state index in [-0.39, 0.29) is 0 Å². The molecule has 0 radical (unpaired) electrons. The number of hydrogen-bond donors (Lipinski definition) is 1. The fourth-order valence-corrected chi connectivity index (χ4v) is 5.55. The van der Waals surface area contributed by atoms with E-state index in [2.05, 4.69) is 38.0 Å². The molecule has 0 amide bonds. The molecule has 2 saturated carbocycles. The molecule has 1 nitrogen and oxygen atoms in total. The summed E-state index contributed by atoms with van der Waals surface area (Å²) in [5, 5.41) is 5.37. The second-order valence-corrected chi connectivity index (χ2v) is 8.28. The third kappa shape index (κ3) is 3.89. The minimum atomic E-state index is 0.569. The third-order valence-corrected chi connectivity index (χ3v) is 6.33. The van der Waals surface area contributed by atoms with Crippen LogP contribution in [0.25, 0.3) is 0 Å². The molecular weight excluding hydrogens is 226 g/mol. The molecule has 0 spiro atoms. The Morgan fingerprint density at radius 3 is 2.41 bits per heavy atom. The number of thioether (sulfide) groups is 1. The normalized spacial score (nSPS) is 34.8. The smallest absolute Gasteiger partial charge is 0.0208 e. The highest BCUT2D eigenvalue weighted by Crippen LogP contribution is 2.43. The van der Waals surface area contributed by atoms with Gasteiger partial charge in [0.2, 0.25) is 0 Å². The number of hydrogen-bond acceptors (Lipinski definition) is 2. The zero-order valence-corrected chi connectivity index (χ0v) is 12.6. The molecule has 0 heterocycles. The summed E-state index contributed by atoms with van der Waals surface area (Å²) in [5.74, 6) is 0. The van der Waals surface area contributed by atoms with Crippen molar-refractivity contribution in [2.24, 2.45) is 5.41 Å². The molecule has 2 rings (SSSR count). The zero-order chi connectivity index (χ0) is 12.3. The monoisotopic (exact) mass is 255 g/mol. The molecule has 1 N–H and O–H groups in total. The van der Waals surface area contributed by atoms with Crippen LogP contribution in [0.15, 0.2) is 0 Å². The minimum Gasteiger partial charge on any atom is -0.316 e. The number of nitrogens with one attached hydrogen (secondary N) is 1. The summed E-state index contributed by atoms with van der Waals surface area (Å²) >= 11 is 2.31. The van der Waals surface area contributed by atoms with E-state index in [1.807, 2.05) is 0 Å². The van der Waals surface area contributed by atoms with Crippen molar-refractivity contribution >= 4 is 11.8 Å². The van der Waals surface area contributed by atoms with Gasteiger partial charge in [-0.3, -0.25) is 0 Å². The van der Waals surface area contributed by atoms with Crippen molar-refractivity contribution < 1.29 is 0 Å². The molecule has 0 aromatic carbocycles. The molecule has 0 aliphatic heterocycles. The van der Waals surface area contributed by atoms with Gasteiger partial charge in [0.15, 0.2) is 0 Å². The summed E-state index contributed by atoms with van der Waals surface area (Å²) in [6.45, 7) is 4.90. The highest BCUT2D eigenvalue weighted by atomic mass is 32.2. The maximum absolute atomic E-state index is 3.56. The van der Waals surface area contributed by atoms with Crippen molar-refractivity contribution in [3.8, 4) is 0 Å². The molecule has 0 bridgehead atoms. The van der Waals surface area contributed by atoms with Gasteiger partial charge in [0, 0.05) is 16.5 Å². The van der Waals surface area contributed by atoms with E-state index < -0.39 is 0 Å². The Balaban J connectivity index is 1.90. The van der Waals surface area contributed by atoms with Crippen LogP contribution in [0, 0.1) is 5.41 Å². The first-order valence-corrected chi connectivity index (χ1v) is 8.38. The van der Waals surface area contributed by atoms with Crippen molar-refractivity contribution in [2.75, 3.05) is 7.05 Å². The molecule has 2 aliphatic rings. The Hall–Kier alpha value is 0.310. The van der Waals surface area contributed by atoms with Crippen LogP contribution in [0.5, 0.6) is 0 Å². The van der Waals surface area contributed by atoms with Gasteiger partial charge in [0.05, 0.1) is 0 Å². The summed E-state index contributed by atoms with van der Waals surface area (Å²) in [4.78, 5) is 0. The molecule has 100 valence electrons. The van der Waals surface area contributed by atoms with E-state index in [1.54, 1.807) is 0 Å². The summed E-state index contributed by atoms with van der Waals surface area (Å²) in [5.41, 5.74) is 0.569. The van der Waals surface area contributed by atoms with Crippen LogP contribution in [0.4, 0.5) is 0 Å². The van der Waals surface area contributed by atoms with Crippen LogP contribution in [0.3, 0.4) is 0 Å². The summed E-state index contributed by atoms with van der Waals surface area (Å²) in [6, 6.07) is 0.759. The summed E-state index contributed by atoms with van der Waals surface area (Å²) < 4.78 is 0. The first-order chi connectivity index (χ1) is 8.11. The highest BCUT2D eigenvalue weighted by molar-refractivity contribution is 8.00. The van der Waals surface area contributed by atoms with E-state index in [1.165, 1.54) is 51.4 Å². The first-order valence-electron chi connectivity index (χ1n) is 7.43. The molecule has 17 heavy (non-hydrogen) atoms. The maximum Gasteiger partial charge on any atom is 0.0208 e. The van der Waals surface area contributed by atoms with Crippen LogP contribution in [0.2, 0.25) is 0 Å². The average Bonchev–Trinajstić information content (AvgIpc) is 2.30. The van der Waals surface area contributed by atoms with Crippen LogP contribution >= 0.6 is 11.8 Å². The molecule has 2 heteroatoms. The van der Waals surface area contributed by atoms with Crippen LogP contribution < -0.4 is 5.32 Å². The maximum atomic E-state index is 3.56. The predicted octanol–water partition coefficient (Wildman–Crippen LogP) is 4.22. The molecule has 0 aromatic rings. The zero-order valence-electron chi connectivity index (χ0n) is 11.8. The molecule has 2 unspecified atom stereocenters. The van der Waals surface area contributed by atoms with Gasteiger partial charge in [0.25, 0.3) is 0 Å². The van der Waals surface area contributed by atoms with Gasteiger partial charge >= 0.3 is 0 Å². The van der Waals surface area contributed by atoms with Crippen LogP contribution in [-0.4, -0.2) is 23.6 Å².